The van der Waals surface area contributed by atoms with E-state index in [2.05, 4.69) is 31.3 Å². The van der Waals surface area contributed by atoms with Crippen molar-refractivity contribution in [1.29, 1.82) is 0 Å². The van der Waals surface area contributed by atoms with Crippen LogP contribution in [-0.4, -0.2) is 46.1 Å². The third-order valence-electron chi connectivity index (χ3n) is 8.87. The molecule has 43 heavy (non-hydrogen) atoms. The third kappa shape index (κ3) is 29.6. The molecule has 0 aromatic rings. The lowest BCUT2D eigenvalue weighted by molar-refractivity contribution is -0.124. The van der Waals surface area contributed by atoms with Crippen LogP contribution in [0.4, 0.5) is 0 Å². The van der Waals surface area contributed by atoms with E-state index in [1.54, 1.807) is 0 Å². The zero-order chi connectivity index (χ0) is 31.6. The van der Waals surface area contributed by atoms with Crippen LogP contribution < -0.4 is 5.32 Å². The number of carbonyl (C=O) groups is 1. The number of aliphatic hydroxyl groups is 3. The van der Waals surface area contributed by atoms with Crippen molar-refractivity contribution in [2.24, 2.45) is 0 Å². The van der Waals surface area contributed by atoms with Gasteiger partial charge in [0.2, 0.25) is 5.91 Å². The van der Waals surface area contributed by atoms with Gasteiger partial charge >= 0.3 is 0 Å². The Morgan fingerprint density at radius 2 is 0.930 bits per heavy atom. The molecule has 5 heteroatoms. The van der Waals surface area contributed by atoms with Crippen LogP contribution in [-0.2, 0) is 4.79 Å². The highest BCUT2D eigenvalue weighted by atomic mass is 16.3. The molecule has 0 rings (SSSR count). The van der Waals surface area contributed by atoms with Crippen molar-refractivity contribution in [3.63, 3.8) is 0 Å². The summed E-state index contributed by atoms with van der Waals surface area (Å²) in [5.74, 6) is -0.154. The monoisotopic (exact) mass is 610 g/mol. The summed E-state index contributed by atoms with van der Waals surface area (Å²) in [4.78, 5) is 12.3. The number of hydrogen-bond acceptors (Lipinski definition) is 4. The molecule has 0 aliphatic carbocycles. The highest BCUT2D eigenvalue weighted by Gasteiger charge is 2.26. The maximum Gasteiger partial charge on any atom is 0.220 e. The first-order valence-electron chi connectivity index (χ1n) is 19.0. The zero-order valence-corrected chi connectivity index (χ0v) is 28.8. The minimum absolute atomic E-state index is 0.154. The number of aliphatic hydroxyl groups excluding tert-OH is 3. The van der Waals surface area contributed by atoms with E-state index in [1.165, 1.54) is 135 Å². The van der Waals surface area contributed by atoms with Crippen molar-refractivity contribution in [3.8, 4) is 0 Å². The van der Waals surface area contributed by atoms with E-state index < -0.39 is 18.2 Å². The summed E-state index contributed by atoms with van der Waals surface area (Å²) in [6.07, 6.45) is 37.4. The molecule has 1 amide bonds. The maximum atomic E-state index is 12.3. The lowest BCUT2D eigenvalue weighted by Gasteiger charge is -2.26. The fraction of sp³-hybridized carbons (Fsp3) is 0.921. The number of rotatable bonds is 34. The molecule has 0 heterocycles. The van der Waals surface area contributed by atoms with Crippen LogP contribution in [0.25, 0.3) is 0 Å². The standard InChI is InChI=1S/C38H75NO4/c1-3-5-7-9-11-13-15-16-17-18-19-20-21-22-23-25-27-29-31-33-37(42)39-35(34-40)38(43)36(41)32-30-28-26-24-14-12-10-8-6-4-2/h24,26,35-36,38,40-41,43H,3-23,25,27-34H2,1-2H3,(H,39,42)/b26-24+. The smallest absolute Gasteiger partial charge is 0.220 e. The van der Waals surface area contributed by atoms with E-state index in [1.807, 2.05) is 0 Å². The maximum absolute atomic E-state index is 12.3. The average Bonchev–Trinajstić information content (AvgIpc) is 3.01. The molecule has 3 atom stereocenters. The number of carbonyl (C=O) groups excluding carboxylic acids is 1. The van der Waals surface area contributed by atoms with Crippen molar-refractivity contribution in [3.05, 3.63) is 12.2 Å². The molecule has 5 nitrogen and oxygen atoms in total. The summed E-state index contributed by atoms with van der Waals surface area (Å²) >= 11 is 0. The van der Waals surface area contributed by atoms with E-state index in [0.717, 1.165) is 38.5 Å². The van der Waals surface area contributed by atoms with Crippen molar-refractivity contribution < 1.29 is 20.1 Å². The Labute approximate surface area is 268 Å². The fourth-order valence-electron chi connectivity index (χ4n) is 5.87. The largest absolute Gasteiger partial charge is 0.394 e. The van der Waals surface area contributed by atoms with E-state index in [4.69, 9.17) is 0 Å². The van der Waals surface area contributed by atoms with Crippen LogP contribution in [0, 0.1) is 0 Å². The summed E-state index contributed by atoms with van der Waals surface area (Å²) < 4.78 is 0. The Bertz CT molecular complexity index is 596. The van der Waals surface area contributed by atoms with Crippen LogP contribution >= 0.6 is 0 Å². The minimum atomic E-state index is -1.15. The topological polar surface area (TPSA) is 89.8 Å². The third-order valence-corrected chi connectivity index (χ3v) is 8.87. The summed E-state index contributed by atoms with van der Waals surface area (Å²) in [5.41, 5.74) is 0. The van der Waals surface area contributed by atoms with E-state index in [0.29, 0.717) is 12.8 Å². The van der Waals surface area contributed by atoms with Crippen LogP contribution in [0.5, 0.6) is 0 Å². The molecule has 0 aromatic heterocycles. The summed E-state index contributed by atoms with van der Waals surface area (Å²) in [5, 5.41) is 33.2. The Morgan fingerprint density at radius 1 is 0.558 bits per heavy atom. The van der Waals surface area contributed by atoms with Crippen molar-refractivity contribution >= 4 is 5.91 Å². The Hall–Kier alpha value is -0.910. The minimum Gasteiger partial charge on any atom is -0.394 e. The molecule has 0 aliphatic rings. The molecule has 0 aromatic carbocycles. The van der Waals surface area contributed by atoms with Crippen molar-refractivity contribution in [1.82, 2.24) is 5.32 Å². The number of unbranched alkanes of at least 4 members (excludes halogenated alkanes) is 24. The highest BCUT2D eigenvalue weighted by molar-refractivity contribution is 5.76. The number of amides is 1. The number of hydrogen-bond donors (Lipinski definition) is 4. The lowest BCUT2D eigenvalue weighted by Crippen LogP contribution is -2.50. The first kappa shape index (κ1) is 42.1. The van der Waals surface area contributed by atoms with Gasteiger partial charge in [0.15, 0.2) is 0 Å². The van der Waals surface area contributed by atoms with Gasteiger partial charge in [-0.2, -0.15) is 0 Å². The molecule has 0 radical (unpaired) electrons. The van der Waals surface area contributed by atoms with Gasteiger partial charge in [-0.25, -0.2) is 0 Å². The van der Waals surface area contributed by atoms with Crippen LogP contribution in [0.3, 0.4) is 0 Å². The molecule has 0 saturated heterocycles. The SMILES string of the molecule is CCCCCCC/C=C/CCCC(O)C(O)C(CO)NC(=O)CCCCCCCCCCCCCCCCCCCCC. The van der Waals surface area contributed by atoms with Gasteiger partial charge in [0.1, 0.15) is 6.10 Å². The molecule has 3 unspecified atom stereocenters. The van der Waals surface area contributed by atoms with Crippen molar-refractivity contribution in [2.75, 3.05) is 6.61 Å². The van der Waals surface area contributed by atoms with Gasteiger partial charge in [0.25, 0.3) is 0 Å². The van der Waals surface area contributed by atoms with Gasteiger partial charge < -0.3 is 20.6 Å². The zero-order valence-electron chi connectivity index (χ0n) is 28.8. The first-order chi connectivity index (χ1) is 21.1. The second kappa shape index (κ2) is 34.0. The lowest BCUT2D eigenvalue weighted by atomic mass is 10.0. The fourth-order valence-corrected chi connectivity index (χ4v) is 5.87. The molecule has 0 saturated carbocycles. The van der Waals surface area contributed by atoms with Crippen LogP contribution in [0.2, 0.25) is 0 Å². The molecular weight excluding hydrogens is 534 g/mol. The molecular formula is C38H75NO4. The van der Waals surface area contributed by atoms with Gasteiger partial charge in [0, 0.05) is 6.42 Å². The molecule has 0 aliphatic heterocycles. The molecule has 0 fully saturated rings. The summed E-state index contributed by atoms with van der Waals surface area (Å²) in [7, 11) is 0. The predicted octanol–water partition coefficient (Wildman–Crippen LogP) is 10.1. The van der Waals surface area contributed by atoms with Gasteiger partial charge in [-0.15, -0.1) is 0 Å². The van der Waals surface area contributed by atoms with Crippen molar-refractivity contribution in [2.45, 2.75) is 218 Å². The van der Waals surface area contributed by atoms with Gasteiger partial charge in [-0.05, 0) is 38.5 Å². The Kier molecular flexibility index (Phi) is 33.3. The van der Waals surface area contributed by atoms with Crippen LogP contribution in [0.15, 0.2) is 12.2 Å². The number of nitrogens with one attached hydrogen (secondary N) is 1. The van der Waals surface area contributed by atoms with E-state index in [9.17, 15) is 20.1 Å². The van der Waals surface area contributed by atoms with Crippen LogP contribution in [0.1, 0.15) is 200 Å². The Balaban J connectivity index is 3.63. The highest BCUT2D eigenvalue weighted by Crippen LogP contribution is 2.15. The van der Waals surface area contributed by atoms with Gasteiger partial charge in [-0.3, -0.25) is 4.79 Å². The second-order valence-electron chi connectivity index (χ2n) is 13.1. The predicted molar refractivity (Wildman–Crippen MR) is 185 cm³/mol. The Morgan fingerprint density at radius 3 is 1.35 bits per heavy atom. The average molecular weight is 610 g/mol. The molecule has 0 spiro atoms. The summed E-state index contributed by atoms with van der Waals surface area (Å²) in [6.45, 7) is 4.13. The normalized spacial score (nSPS) is 13.9. The second-order valence-corrected chi connectivity index (χ2v) is 13.1. The van der Waals surface area contributed by atoms with E-state index in [-0.39, 0.29) is 12.5 Å². The molecule has 256 valence electrons. The first-order valence-corrected chi connectivity index (χ1v) is 19.0. The number of allylic oxidation sites excluding steroid dienone is 2. The molecule has 0 bridgehead atoms. The molecule has 4 N–H and O–H groups in total. The summed E-state index contributed by atoms with van der Waals surface area (Å²) in [6, 6.07) is -0.818. The van der Waals surface area contributed by atoms with Gasteiger partial charge in [-0.1, -0.05) is 167 Å². The van der Waals surface area contributed by atoms with E-state index >= 15 is 0 Å². The quantitative estimate of drug-likeness (QED) is 0.0432. The van der Waals surface area contributed by atoms with Gasteiger partial charge in [0.05, 0.1) is 18.8 Å².